The van der Waals surface area contributed by atoms with E-state index in [4.69, 9.17) is 4.74 Å². The van der Waals surface area contributed by atoms with Gasteiger partial charge in [0.25, 0.3) is 0 Å². The summed E-state index contributed by atoms with van der Waals surface area (Å²) >= 11 is 0. The largest absolute Gasteiger partial charge is 0.497 e. The van der Waals surface area contributed by atoms with Crippen LogP contribution in [0.1, 0.15) is 26.1 Å². The first-order valence-corrected chi connectivity index (χ1v) is 6.66. The molecule has 1 aromatic heterocycles. The molecule has 1 heterocycles. The number of ether oxygens (including phenoxy) is 1. The number of H-pyrrole nitrogens is 1. The van der Waals surface area contributed by atoms with Gasteiger partial charge < -0.3 is 15.1 Å². The average molecular weight is 272 g/mol. The van der Waals surface area contributed by atoms with E-state index in [1.165, 1.54) is 0 Å². The zero-order valence-electron chi connectivity index (χ0n) is 12.2. The van der Waals surface area contributed by atoms with Crippen LogP contribution in [0.25, 0.3) is 11.0 Å². The molecule has 0 radical (unpaired) electrons. The van der Waals surface area contributed by atoms with Crippen LogP contribution in [0.4, 0.5) is 0 Å². The molecule has 106 valence electrons. The van der Waals surface area contributed by atoms with E-state index in [1.54, 1.807) is 7.11 Å². The standard InChI is InChI=1S/C15H20N4O/c1-5-8-16-19-14(10(2)3)15-17-12-7-6-11(20-4)9-13(12)18-15/h6-7,9,16H,2,5,8H2,1,3-4H3,(H,17,18)/b19-14+. The molecule has 0 amide bonds. The van der Waals surface area contributed by atoms with Crippen molar-refractivity contribution in [2.45, 2.75) is 20.3 Å². The average Bonchev–Trinajstić information content (AvgIpc) is 2.85. The third kappa shape index (κ3) is 2.99. The predicted molar refractivity (Wildman–Crippen MR) is 82.3 cm³/mol. The number of nitrogens with one attached hydrogen (secondary N) is 2. The molecule has 0 saturated carbocycles. The maximum Gasteiger partial charge on any atom is 0.159 e. The lowest BCUT2D eigenvalue weighted by molar-refractivity contribution is 0.415. The van der Waals surface area contributed by atoms with Crippen molar-refractivity contribution in [3.05, 3.63) is 36.2 Å². The van der Waals surface area contributed by atoms with Gasteiger partial charge in [0.2, 0.25) is 0 Å². The summed E-state index contributed by atoms with van der Waals surface area (Å²) in [5.74, 6) is 1.51. The number of rotatable bonds is 6. The Labute approximate surface area is 118 Å². The van der Waals surface area contributed by atoms with Crippen molar-refractivity contribution in [2.75, 3.05) is 13.7 Å². The second-order valence-electron chi connectivity index (χ2n) is 4.62. The molecule has 0 spiro atoms. The maximum absolute atomic E-state index is 5.21. The Hall–Kier alpha value is -2.30. The first kappa shape index (κ1) is 14.1. The van der Waals surface area contributed by atoms with E-state index in [-0.39, 0.29) is 0 Å². The van der Waals surface area contributed by atoms with Crippen LogP contribution < -0.4 is 10.2 Å². The zero-order valence-corrected chi connectivity index (χ0v) is 12.2. The van der Waals surface area contributed by atoms with Crippen LogP contribution >= 0.6 is 0 Å². The molecule has 2 rings (SSSR count). The summed E-state index contributed by atoms with van der Waals surface area (Å²) in [6.07, 6.45) is 1.02. The van der Waals surface area contributed by atoms with E-state index < -0.39 is 0 Å². The molecule has 0 bridgehead atoms. The molecule has 0 aliphatic rings. The number of benzene rings is 1. The third-order valence-corrected chi connectivity index (χ3v) is 2.87. The van der Waals surface area contributed by atoms with Gasteiger partial charge in [0, 0.05) is 12.6 Å². The lowest BCUT2D eigenvalue weighted by Crippen LogP contribution is -2.14. The Morgan fingerprint density at radius 1 is 1.50 bits per heavy atom. The highest BCUT2D eigenvalue weighted by molar-refractivity contribution is 6.10. The van der Waals surface area contributed by atoms with Crippen molar-refractivity contribution in [2.24, 2.45) is 5.10 Å². The minimum absolute atomic E-state index is 0.712. The number of methoxy groups -OCH3 is 1. The summed E-state index contributed by atoms with van der Waals surface area (Å²) in [6.45, 7) is 8.79. The van der Waals surface area contributed by atoms with E-state index in [2.05, 4.69) is 34.0 Å². The monoisotopic (exact) mass is 272 g/mol. The summed E-state index contributed by atoms with van der Waals surface area (Å²) in [5, 5.41) is 4.36. The highest BCUT2D eigenvalue weighted by Crippen LogP contribution is 2.19. The number of imidazole rings is 1. The predicted octanol–water partition coefficient (Wildman–Crippen LogP) is 2.85. The molecule has 2 aromatic rings. The fourth-order valence-corrected chi connectivity index (χ4v) is 1.83. The van der Waals surface area contributed by atoms with Crippen molar-refractivity contribution < 1.29 is 4.74 Å². The van der Waals surface area contributed by atoms with Gasteiger partial charge in [0.1, 0.15) is 11.5 Å². The quantitative estimate of drug-likeness (QED) is 0.483. The van der Waals surface area contributed by atoms with Crippen molar-refractivity contribution >= 4 is 16.7 Å². The number of hydrazone groups is 1. The molecule has 5 nitrogen and oxygen atoms in total. The topological polar surface area (TPSA) is 62.3 Å². The number of hydrogen-bond acceptors (Lipinski definition) is 4. The highest BCUT2D eigenvalue weighted by atomic mass is 16.5. The van der Waals surface area contributed by atoms with E-state index in [0.717, 1.165) is 41.0 Å². The number of nitrogens with zero attached hydrogens (tertiary/aromatic N) is 2. The minimum atomic E-state index is 0.712. The number of aromatic nitrogens is 2. The molecule has 0 unspecified atom stereocenters. The van der Waals surface area contributed by atoms with Crippen LogP contribution in [-0.4, -0.2) is 29.3 Å². The first-order valence-electron chi connectivity index (χ1n) is 6.66. The molecular weight excluding hydrogens is 252 g/mol. The summed E-state index contributed by atoms with van der Waals surface area (Å²) in [7, 11) is 1.65. The van der Waals surface area contributed by atoms with Crippen LogP contribution in [0.15, 0.2) is 35.5 Å². The molecular formula is C15H20N4O. The first-order chi connectivity index (χ1) is 9.65. The molecule has 2 N–H and O–H groups in total. The molecule has 20 heavy (non-hydrogen) atoms. The zero-order chi connectivity index (χ0) is 14.5. The van der Waals surface area contributed by atoms with Gasteiger partial charge in [-0.1, -0.05) is 13.5 Å². The highest BCUT2D eigenvalue weighted by Gasteiger charge is 2.11. The van der Waals surface area contributed by atoms with Gasteiger partial charge in [-0.3, -0.25) is 0 Å². The second kappa shape index (κ2) is 6.23. The fraction of sp³-hybridized carbons (Fsp3) is 0.333. The Balaban J connectivity index is 2.38. The van der Waals surface area contributed by atoms with Crippen LogP contribution in [-0.2, 0) is 0 Å². The molecule has 0 saturated heterocycles. The Bertz CT molecular complexity index is 642. The van der Waals surface area contributed by atoms with Gasteiger partial charge in [-0.15, -0.1) is 0 Å². The van der Waals surface area contributed by atoms with Gasteiger partial charge in [-0.25, -0.2) is 4.98 Å². The van der Waals surface area contributed by atoms with Gasteiger partial charge in [-0.05, 0) is 31.1 Å². The van der Waals surface area contributed by atoms with Gasteiger partial charge in [0.15, 0.2) is 5.82 Å². The molecule has 0 aliphatic heterocycles. The number of allylic oxidation sites excluding steroid dienone is 1. The smallest absolute Gasteiger partial charge is 0.159 e. The van der Waals surface area contributed by atoms with Crippen molar-refractivity contribution in [1.29, 1.82) is 0 Å². The second-order valence-corrected chi connectivity index (χ2v) is 4.62. The number of aromatic amines is 1. The summed E-state index contributed by atoms with van der Waals surface area (Å²) in [4.78, 5) is 7.80. The van der Waals surface area contributed by atoms with E-state index >= 15 is 0 Å². The van der Waals surface area contributed by atoms with Crippen LogP contribution in [0, 0.1) is 0 Å². The Morgan fingerprint density at radius 3 is 2.95 bits per heavy atom. The van der Waals surface area contributed by atoms with Gasteiger partial charge >= 0.3 is 0 Å². The molecule has 1 aromatic carbocycles. The van der Waals surface area contributed by atoms with Gasteiger partial charge in [0.05, 0.1) is 18.1 Å². The molecule has 5 heteroatoms. The minimum Gasteiger partial charge on any atom is -0.497 e. The number of hydrogen-bond donors (Lipinski definition) is 2. The Morgan fingerprint density at radius 2 is 2.30 bits per heavy atom. The molecule has 0 aliphatic carbocycles. The summed E-state index contributed by atoms with van der Waals surface area (Å²) in [5.41, 5.74) is 6.43. The normalized spacial score (nSPS) is 11.7. The fourth-order valence-electron chi connectivity index (χ4n) is 1.83. The lowest BCUT2D eigenvalue weighted by Gasteiger charge is -2.03. The van der Waals surface area contributed by atoms with Crippen LogP contribution in [0.3, 0.4) is 0 Å². The Kier molecular flexibility index (Phi) is 4.40. The van der Waals surface area contributed by atoms with Crippen LogP contribution in [0.2, 0.25) is 0 Å². The van der Waals surface area contributed by atoms with E-state index in [9.17, 15) is 0 Å². The van der Waals surface area contributed by atoms with Crippen molar-refractivity contribution in [3.8, 4) is 5.75 Å². The summed E-state index contributed by atoms with van der Waals surface area (Å²) < 4.78 is 5.21. The van der Waals surface area contributed by atoms with Gasteiger partial charge in [-0.2, -0.15) is 5.10 Å². The van der Waals surface area contributed by atoms with E-state index in [1.807, 2.05) is 25.1 Å². The lowest BCUT2D eigenvalue weighted by atomic mass is 10.2. The third-order valence-electron chi connectivity index (χ3n) is 2.87. The number of fused-ring (bicyclic) bond motifs is 1. The van der Waals surface area contributed by atoms with Crippen LogP contribution in [0.5, 0.6) is 5.75 Å². The van der Waals surface area contributed by atoms with Crippen molar-refractivity contribution in [1.82, 2.24) is 15.4 Å². The summed E-state index contributed by atoms with van der Waals surface area (Å²) in [6, 6.07) is 5.73. The van der Waals surface area contributed by atoms with Crippen molar-refractivity contribution in [3.63, 3.8) is 0 Å². The molecule has 0 atom stereocenters. The SMILES string of the molecule is C=C(C)/C(=N\NCCC)c1nc2ccc(OC)cc2[nH]1. The molecule has 0 fully saturated rings. The van der Waals surface area contributed by atoms with E-state index in [0.29, 0.717) is 5.82 Å². The maximum atomic E-state index is 5.21.